The standard InChI is InChI=1S/C14H19N3OS/c1-9(2)18-12-6-4-11(5-7-12)14(17-15)13-8-19-10(3)16-13/h4-9,14,17H,15H2,1-3H3. The molecule has 102 valence electrons. The van der Waals surface area contributed by atoms with Crippen molar-refractivity contribution in [3.05, 3.63) is 45.9 Å². The molecule has 19 heavy (non-hydrogen) atoms. The molecule has 0 amide bonds. The summed E-state index contributed by atoms with van der Waals surface area (Å²) in [6.07, 6.45) is 0.176. The molecular weight excluding hydrogens is 258 g/mol. The second-order valence-electron chi connectivity index (χ2n) is 4.63. The lowest BCUT2D eigenvalue weighted by Crippen LogP contribution is -2.29. The van der Waals surface area contributed by atoms with Crippen LogP contribution >= 0.6 is 11.3 Å². The van der Waals surface area contributed by atoms with Gasteiger partial charge in [-0.2, -0.15) is 0 Å². The highest BCUT2D eigenvalue weighted by molar-refractivity contribution is 7.09. The zero-order valence-corrected chi connectivity index (χ0v) is 12.2. The van der Waals surface area contributed by atoms with Gasteiger partial charge in [-0.3, -0.25) is 5.84 Å². The highest BCUT2D eigenvalue weighted by Gasteiger charge is 2.15. The number of aryl methyl sites for hydroxylation is 1. The normalized spacial score (nSPS) is 12.7. The SMILES string of the molecule is Cc1nc(C(NN)c2ccc(OC(C)C)cc2)cs1. The van der Waals surface area contributed by atoms with Crippen LogP contribution in [0.2, 0.25) is 0 Å². The number of ether oxygens (including phenoxy) is 1. The molecule has 3 N–H and O–H groups in total. The van der Waals surface area contributed by atoms with Gasteiger partial charge in [0, 0.05) is 5.38 Å². The number of nitrogens with one attached hydrogen (secondary N) is 1. The van der Waals surface area contributed by atoms with E-state index in [9.17, 15) is 0 Å². The van der Waals surface area contributed by atoms with Gasteiger partial charge in [0.25, 0.3) is 0 Å². The summed E-state index contributed by atoms with van der Waals surface area (Å²) >= 11 is 1.62. The van der Waals surface area contributed by atoms with Gasteiger partial charge in [0.05, 0.1) is 22.8 Å². The van der Waals surface area contributed by atoms with Gasteiger partial charge in [0.2, 0.25) is 0 Å². The van der Waals surface area contributed by atoms with Gasteiger partial charge in [-0.15, -0.1) is 11.3 Å². The number of hydrazine groups is 1. The molecule has 0 spiro atoms. The minimum atomic E-state index is -0.0851. The first-order valence-corrected chi connectivity index (χ1v) is 7.13. The van der Waals surface area contributed by atoms with Gasteiger partial charge in [0.15, 0.2) is 0 Å². The van der Waals surface area contributed by atoms with E-state index in [-0.39, 0.29) is 12.1 Å². The highest BCUT2D eigenvalue weighted by atomic mass is 32.1. The maximum Gasteiger partial charge on any atom is 0.119 e. The quantitative estimate of drug-likeness (QED) is 0.651. The van der Waals surface area contributed by atoms with Crippen molar-refractivity contribution in [1.82, 2.24) is 10.4 Å². The first-order chi connectivity index (χ1) is 9.10. The number of aromatic nitrogens is 1. The third-order valence-electron chi connectivity index (χ3n) is 2.68. The predicted octanol–water partition coefficient (Wildman–Crippen LogP) is 2.79. The molecule has 4 nitrogen and oxygen atoms in total. The van der Waals surface area contributed by atoms with Crippen LogP contribution in [0.4, 0.5) is 0 Å². The lowest BCUT2D eigenvalue weighted by atomic mass is 10.1. The maximum atomic E-state index is 5.65. The number of rotatable bonds is 5. The van der Waals surface area contributed by atoms with E-state index in [1.54, 1.807) is 11.3 Å². The largest absolute Gasteiger partial charge is 0.491 e. The van der Waals surface area contributed by atoms with E-state index >= 15 is 0 Å². The Hall–Kier alpha value is -1.43. The summed E-state index contributed by atoms with van der Waals surface area (Å²) in [6, 6.07) is 7.85. The van der Waals surface area contributed by atoms with E-state index in [0.29, 0.717) is 0 Å². The summed E-state index contributed by atoms with van der Waals surface area (Å²) in [4.78, 5) is 4.47. The Morgan fingerprint density at radius 3 is 2.42 bits per heavy atom. The fourth-order valence-corrected chi connectivity index (χ4v) is 2.51. The molecule has 1 heterocycles. The summed E-state index contributed by atoms with van der Waals surface area (Å²) in [5.41, 5.74) is 4.83. The molecule has 0 aliphatic carbocycles. The van der Waals surface area contributed by atoms with E-state index in [1.807, 2.05) is 50.4 Å². The molecular formula is C14H19N3OS. The number of thiazole rings is 1. The van der Waals surface area contributed by atoms with E-state index in [1.165, 1.54) is 0 Å². The molecule has 2 rings (SSSR count). The van der Waals surface area contributed by atoms with Crippen LogP contribution in [-0.4, -0.2) is 11.1 Å². The summed E-state index contributed by atoms with van der Waals surface area (Å²) < 4.78 is 5.63. The molecule has 0 aliphatic rings. The lowest BCUT2D eigenvalue weighted by molar-refractivity contribution is 0.242. The average Bonchev–Trinajstić information content (AvgIpc) is 2.78. The molecule has 1 aromatic heterocycles. The smallest absolute Gasteiger partial charge is 0.119 e. The van der Waals surface area contributed by atoms with Crippen molar-refractivity contribution in [2.75, 3.05) is 0 Å². The average molecular weight is 277 g/mol. The van der Waals surface area contributed by atoms with Crippen molar-refractivity contribution < 1.29 is 4.74 Å². The molecule has 0 aliphatic heterocycles. The van der Waals surface area contributed by atoms with E-state index < -0.39 is 0 Å². The topological polar surface area (TPSA) is 60.2 Å². The lowest BCUT2D eigenvalue weighted by Gasteiger charge is -2.15. The highest BCUT2D eigenvalue weighted by Crippen LogP contribution is 2.24. The van der Waals surface area contributed by atoms with Gasteiger partial charge < -0.3 is 4.74 Å². The Bertz CT molecular complexity index is 522. The van der Waals surface area contributed by atoms with Crippen LogP contribution < -0.4 is 16.0 Å². The van der Waals surface area contributed by atoms with Crippen LogP contribution in [0.3, 0.4) is 0 Å². The van der Waals surface area contributed by atoms with Gasteiger partial charge >= 0.3 is 0 Å². The van der Waals surface area contributed by atoms with Crippen LogP contribution in [0.5, 0.6) is 5.75 Å². The fourth-order valence-electron chi connectivity index (χ4n) is 1.88. The van der Waals surface area contributed by atoms with Crippen molar-refractivity contribution in [3.8, 4) is 5.75 Å². The summed E-state index contributed by atoms with van der Waals surface area (Å²) in [6.45, 7) is 6.01. The Morgan fingerprint density at radius 2 is 1.95 bits per heavy atom. The van der Waals surface area contributed by atoms with E-state index in [2.05, 4.69) is 10.4 Å². The molecule has 0 radical (unpaired) electrons. The van der Waals surface area contributed by atoms with Gasteiger partial charge in [-0.25, -0.2) is 10.4 Å². The second kappa shape index (κ2) is 6.14. The summed E-state index contributed by atoms with van der Waals surface area (Å²) in [7, 11) is 0. The Kier molecular flexibility index (Phi) is 4.52. The van der Waals surface area contributed by atoms with Crippen LogP contribution in [0.15, 0.2) is 29.6 Å². The van der Waals surface area contributed by atoms with Crippen LogP contribution in [0, 0.1) is 6.92 Å². The first-order valence-electron chi connectivity index (χ1n) is 6.25. The third-order valence-corrected chi connectivity index (χ3v) is 3.48. The molecule has 2 aromatic rings. The number of hydrogen-bond acceptors (Lipinski definition) is 5. The van der Waals surface area contributed by atoms with Crippen LogP contribution in [0.1, 0.15) is 36.2 Å². The van der Waals surface area contributed by atoms with Crippen molar-refractivity contribution in [1.29, 1.82) is 0 Å². The van der Waals surface area contributed by atoms with Crippen molar-refractivity contribution in [3.63, 3.8) is 0 Å². The van der Waals surface area contributed by atoms with Crippen molar-refractivity contribution in [2.24, 2.45) is 5.84 Å². The maximum absolute atomic E-state index is 5.65. The Balaban J connectivity index is 2.19. The fraction of sp³-hybridized carbons (Fsp3) is 0.357. The second-order valence-corrected chi connectivity index (χ2v) is 5.69. The van der Waals surface area contributed by atoms with Gasteiger partial charge in [-0.05, 0) is 38.5 Å². The van der Waals surface area contributed by atoms with Gasteiger partial charge in [-0.1, -0.05) is 12.1 Å². The van der Waals surface area contributed by atoms with E-state index in [0.717, 1.165) is 22.0 Å². The molecule has 1 aromatic carbocycles. The van der Waals surface area contributed by atoms with Crippen molar-refractivity contribution >= 4 is 11.3 Å². The molecule has 0 fully saturated rings. The van der Waals surface area contributed by atoms with Gasteiger partial charge in [0.1, 0.15) is 5.75 Å². The van der Waals surface area contributed by atoms with Crippen molar-refractivity contribution in [2.45, 2.75) is 32.9 Å². The number of nitrogens with two attached hydrogens (primary N) is 1. The predicted molar refractivity (Wildman–Crippen MR) is 78.2 cm³/mol. The molecule has 0 bridgehead atoms. The number of benzene rings is 1. The third kappa shape index (κ3) is 3.53. The minimum Gasteiger partial charge on any atom is -0.491 e. The molecule has 0 saturated heterocycles. The monoisotopic (exact) mass is 277 g/mol. The molecule has 0 saturated carbocycles. The number of hydrogen-bond donors (Lipinski definition) is 2. The summed E-state index contributed by atoms with van der Waals surface area (Å²) in [5.74, 6) is 6.51. The zero-order valence-electron chi connectivity index (χ0n) is 11.4. The molecule has 1 unspecified atom stereocenters. The number of nitrogens with zero attached hydrogens (tertiary/aromatic N) is 1. The zero-order chi connectivity index (χ0) is 13.8. The van der Waals surface area contributed by atoms with Crippen LogP contribution in [0.25, 0.3) is 0 Å². The summed E-state index contributed by atoms with van der Waals surface area (Å²) in [5, 5.41) is 3.06. The first kappa shape index (κ1) is 14.0. The minimum absolute atomic E-state index is 0.0851. The van der Waals surface area contributed by atoms with Crippen LogP contribution in [-0.2, 0) is 0 Å². The Morgan fingerprint density at radius 1 is 1.26 bits per heavy atom. The Labute approximate surface area is 117 Å². The van der Waals surface area contributed by atoms with E-state index in [4.69, 9.17) is 10.6 Å². The molecule has 5 heteroatoms. The molecule has 1 atom stereocenters.